The van der Waals surface area contributed by atoms with E-state index < -0.39 is 6.09 Å². The van der Waals surface area contributed by atoms with Gasteiger partial charge in [0.25, 0.3) is 0 Å². The van der Waals surface area contributed by atoms with Crippen LogP contribution in [0.3, 0.4) is 0 Å². The number of alkyl carbamates (subject to hydrolysis) is 1. The lowest BCUT2D eigenvalue weighted by Gasteiger charge is -2.06. The highest BCUT2D eigenvalue weighted by Crippen LogP contribution is 2.00. The predicted octanol–water partition coefficient (Wildman–Crippen LogP) is 2.67. The Hall–Kier alpha value is -1.84. The summed E-state index contributed by atoms with van der Waals surface area (Å²) in [5.41, 5.74) is 0.962. The fourth-order valence-corrected chi connectivity index (χ4v) is 1.46. The van der Waals surface area contributed by atoms with Gasteiger partial charge in [0, 0.05) is 13.0 Å². The number of amides is 1. The van der Waals surface area contributed by atoms with E-state index in [1.54, 1.807) is 6.92 Å². The second-order valence-corrected chi connectivity index (χ2v) is 4.15. The van der Waals surface area contributed by atoms with Crippen LogP contribution in [0.1, 0.15) is 31.7 Å². The summed E-state index contributed by atoms with van der Waals surface area (Å²) < 4.78 is 5.04. The van der Waals surface area contributed by atoms with Crippen LogP contribution < -0.4 is 5.32 Å². The Bertz CT molecular complexity index is 376. The summed E-state index contributed by atoms with van der Waals surface area (Å²) in [5, 5.41) is 2.65. The van der Waals surface area contributed by atoms with Gasteiger partial charge in [0.2, 0.25) is 0 Å². The SMILES string of the molecule is CC(=O)CCCCNC(=O)OCc1ccccc1. The van der Waals surface area contributed by atoms with E-state index >= 15 is 0 Å². The zero-order valence-corrected chi connectivity index (χ0v) is 10.6. The molecule has 0 aliphatic rings. The molecule has 1 N–H and O–H groups in total. The largest absolute Gasteiger partial charge is 0.445 e. The van der Waals surface area contributed by atoms with Gasteiger partial charge < -0.3 is 14.8 Å². The number of carbonyl (C=O) groups is 2. The van der Waals surface area contributed by atoms with E-state index in [-0.39, 0.29) is 12.4 Å². The number of rotatable bonds is 7. The molecule has 4 nitrogen and oxygen atoms in total. The van der Waals surface area contributed by atoms with Crippen molar-refractivity contribution in [3.8, 4) is 0 Å². The molecular weight excluding hydrogens is 230 g/mol. The lowest BCUT2D eigenvalue weighted by Crippen LogP contribution is -2.25. The van der Waals surface area contributed by atoms with Gasteiger partial charge in [0.15, 0.2) is 0 Å². The fraction of sp³-hybridized carbons (Fsp3) is 0.429. The van der Waals surface area contributed by atoms with Crippen molar-refractivity contribution in [1.82, 2.24) is 5.32 Å². The van der Waals surface area contributed by atoms with E-state index in [9.17, 15) is 9.59 Å². The predicted molar refractivity (Wildman–Crippen MR) is 69.2 cm³/mol. The van der Waals surface area contributed by atoms with Crippen molar-refractivity contribution in [1.29, 1.82) is 0 Å². The maximum atomic E-state index is 11.3. The Morgan fingerprint density at radius 3 is 2.56 bits per heavy atom. The first-order chi connectivity index (χ1) is 8.68. The molecule has 0 saturated heterocycles. The Balaban J connectivity index is 2.06. The molecule has 0 aromatic heterocycles. The Morgan fingerprint density at radius 1 is 1.17 bits per heavy atom. The van der Waals surface area contributed by atoms with Crippen molar-refractivity contribution in [2.75, 3.05) is 6.54 Å². The molecule has 1 rings (SSSR count). The minimum atomic E-state index is -0.415. The van der Waals surface area contributed by atoms with E-state index in [4.69, 9.17) is 4.74 Å². The van der Waals surface area contributed by atoms with Crippen molar-refractivity contribution in [3.05, 3.63) is 35.9 Å². The lowest BCUT2D eigenvalue weighted by molar-refractivity contribution is -0.117. The molecule has 0 atom stereocenters. The molecule has 1 aromatic carbocycles. The number of ketones is 1. The molecule has 1 amide bonds. The normalized spacial score (nSPS) is 9.83. The third-order valence-corrected chi connectivity index (χ3v) is 2.44. The number of ether oxygens (including phenoxy) is 1. The first-order valence-electron chi connectivity index (χ1n) is 6.12. The summed E-state index contributed by atoms with van der Waals surface area (Å²) in [5.74, 6) is 0.182. The Kier molecular flexibility index (Phi) is 6.54. The molecule has 0 aliphatic heterocycles. The third-order valence-electron chi connectivity index (χ3n) is 2.44. The van der Waals surface area contributed by atoms with Gasteiger partial charge in [-0.2, -0.15) is 0 Å². The van der Waals surface area contributed by atoms with Gasteiger partial charge in [-0.15, -0.1) is 0 Å². The van der Waals surface area contributed by atoms with E-state index in [0.717, 1.165) is 18.4 Å². The summed E-state index contributed by atoms with van der Waals surface area (Å²) in [4.78, 5) is 22.0. The van der Waals surface area contributed by atoms with Gasteiger partial charge >= 0.3 is 6.09 Å². The van der Waals surface area contributed by atoms with E-state index in [2.05, 4.69) is 5.32 Å². The number of benzene rings is 1. The molecule has 4 heteroatoms. The van der Waals surface area contributed by atoms with Gasteiger partial charge in [-0.3, -0.25) is 0 Å². The molecule has 0 heterocycles. The minimum Gasteiger partial charge on any atom is -0.445 e. The number of nitrogens with one attached hydrogen (secondary N) is 1. The Labute approximate surface area is 107 Å². The molecular formula is C14H19NO3. The van der Waals surface area contributed by atoms with Crippen LogP contribution in [0.2, 0.25) is 0 Å². The van der Waals surface area contributed by atoms with Crippen LogP contribution in [-0.2, 0) is 16.1 Å². The second kappa shape index (κ2) is 8.28. The monoisotopic (exact) mass is 249 g/mol. The van der Waals surface area contributed by atoms with Gasteiger partial charge in [-0.05, 0) is 25.3 Å². The number of carbonyl (C=O) groups excluding carboxylic acids is 2. The van der Waals surface area contributed by atoms with Crippen LogP contribution in [0.5, 0.6) is 0 Å². The number of Topliss-reactive ketones (excluding diaryl/α,β-unsaturated/α-hetero) is 1. The van der Waals surface area contributed by atoms with E-state index in [1.807, 2.05) is 30.3 Å². The molecule has 0 unspecified atom stereocenters. The van der Waals surface area contributed by atoms with Crippen LogP contribution in [0.4, 0.5) is 4.79 Å². The summed E-state index contributed by atoms with van der Waals surface area (Å²) in [6, 6.07) is 9.52. The summed E-state index contributed by atoms with van der Waals surface area (Å²) in [6.07, 6.45) is 1.75. The van der Waals surface area contributed by atoms with E-state index in [0.29, 0.717) is 13.0 Å². The van der Waals surface area contributed by atoms with Gasteiger partial charge in [0.1, 0.15) is 12.4 Å². The molecule has 0 saturated carbocycles. The zero-order chi connectivity index (χ0) is 13.2. The summed E-state index contributed by atoms with van der Waals surface area (Å²) in [6.45, 7) is 2.39. The van der Waals surface area contributed by atoms with Crippen molar-refractivity contribution >= 4 is 11.9 Å². The standard InChI is InChI=1S/C14H19NO3/c1-12(16)7-5-6-10-15-14(17)18-11-13-8-3-2-4-9-13/h2-4,8-9H,5-7,10-11H2,1H3,(H,15,17). The van der Waals surface area contributed by atoms with Crippen LogP contribution in [0.25, 0.3) is 0 Å². The van der Waals surface area contributed by atoms with Crippen LogP contribution in [0.15, 0.2) is 30.3 Å². The number of hydrogen-bond donors (Lipinski definition) is 1. The van der Waals surface area contributed by atoms with E-state index in [1.165, 1.54) is 0 Å². The zero-order valence-electron chi connectivity index (χ0n) is 10.6. The Morgan fingerprint density at radius 2 is 1.89 bits per heavy atom. The molecule has 0 fully saturated rings. The summed E-state index contributed by atoms with van der Waals surface area (Å²) >= 11 is 0. The first kappa shape index (κ1) is 14.2. The average molecular weight is 249 g/mol. The topological polar surface area (TPSA) is 55.4 Å². The van der Waals surface area contributed by atoms with Gasteiger partial charge in [-0.1, -0.05) is 30.3 Å². The molecule has 0 spiro atoms. The molecule has 0 bridgehead atoms. The maximum absolute atomic E-state index is 11.3. The average Bonchev–Trinajstić information content (AvgIpc) is 2.37. The quantitative estimate of drug-likeness (QED) is 0.756. The number of hydrogen-bond acceptors (Lipinski definition) is 3. The van der Waals surface area contributed by atoms with Gasteiger partial charge in [-0.25, -0.2) is 4.79 Å². The molecule has 0 aliphatic carbocycles. The maximum Gasteiger partial charge on any atom is 0.407 e. The third kappa shape index (κ3) is 6.68. The van der Waals surface area contributed by atoms with Crippen molar-refractivity contribution < 1.29 is 14.3 Å². The molecule has 1 aromatic rings. The smallest absolute Gasteiger partial charge is 0.407 e. The molecule has 18 heavy (non-hydrogen) atoms. The van der Waals surface area contributed by atoms with Crippen LogP contribution >= 0.6 is 0 Å². The first-order valence-corrected chi connectivity index (χ1v) is 6.12. The van der Waals surface area contributed by atoms with Crippen molar-refractivity contribution in [3.63, 3.8) is 0 Å². The number of unbranched alkanes of at least 4 members (excludes halogenated alkanes) is 1. The molecule has 0 radical (unpaired) electrons. The highest BCUT2D eigenvalue weighted by atomic mass is 16.5. The van der Waals surface area contributed by atoms with Crippen LogP contribution in [0, 0.1) is 0 Å². The fourth-order valence-electron chi connectivity index (χ4n) is 1.46. The van der Waals surface area contributed by atoms with Crippen LogP contribution in [-0.4, -0.2) is 18.4 Å². The minimum absolute atomic E-state index is 0.182. The lowest BCUT2D eigenvalue weighted by atomic mass is 10.2. The second-order valence-electron chi connectivity index (χ2n) is 4.15. The van der Waals surface area contributed by atoms with Crippen molar-refractivity contribution in [2.24, 2.45) is 0 Å². The highest BCUT2D eigenvalue weighted by molar-refractivity contribution is 5.75. The highest BCUT2D eigenvalue weighted by Gasteiger charge is 2.01. The summed E-state index contributed by atoms with van der Waals surface area (Å²) in [7, 11) is 0. The van der Waals surface area contributed by atoms with Gasteiger partial charge in [0.05, 0.1) is 0 Å². The molecule has 98 valence electrons. The van der Waals surface area contributed by atoms with Crippen molar-refractivity contribution in [2.45, 2.75) is 32.8 Å².